The number of carbonyl (C=O) groups is 2. The number of H-pyrrole nitrogens is 1. The molecule has 1 saturated heterocycles. The van der Waals surface area contributed by atoms with Gasteiger partial charge in [-0.15, -0.1) is 0 Å². The van der Waals surface area contributed by atoms with Gasteiger partial charge in [-0.3, -0.25) is 9.59 Å². The molecule has 1 atom stereocenters. The number of hydrogen-bond acceptors (Lipinski definition) is 3. The Kier molecular flexibility index (Phi) is 6.04. The average molecular weight is 454 g/mol. The number of benzene rings is 3. The normalized spacial score (nSPS) is 16.1. The average Bonchev–Trinajstić information content (AvgIpc) is 3.31. The Hall–Kier alpha value is -4.06. The summed E-state index contributed by atoms with van der Waals surface area (Å²) in [6, 6.07) is 27.5. The van der Waals surface area contributed by atoms with Crippen LogP contribution in [0.5, 0.6) is 5.75 Å². The van der Waals surface area contributed by atoms with E-state index in [1.807, 2.05) is 77.7 Å². The number of hydrogen-bond donors (Lipinski definition) is 1. The van der Waals surface area contributed by atoms with E-state index >= 15 is 0 Å². The molecule has 0 spiro atoms. The van der Waals surface area contributed by atoms with Crippen molar-refractivity contribution >= 4 is 22.7 Å². The fourth-order valence-corrected chi connectivity index (χ4v) is 4.68. The van der Waals surface area contributed by atoms with Gasteiger partial charge in [0.05, 0.1) is 13.2 Å². The van der Waals surface area contributed by atoms with Crippen molar-refractivity contribution in [2.45, 2.75) is 19.0 Å². The molecular formula is C28H27N3O3. The maximum absolute atomic E-state index is 13.5. The molecule has 1 N–H and O–H groups in total. The highest BCUT2D eigenvalue weighted by Gasteiger charge is 2.35. The molecule has 0 bridgehead atoms. The van der Waals surface area contributed by atoms with Crippen molar-refractivity contribution in [2.24, 2.45) is 0 Å². The van der Waals surface area contributed by atoms with Gasteiger partial charge in [-0.25, -0.2) is 0 Å². The van der Waals surface area contributed by atoms with Crippen LogP contribution in [0.3, 0.4) is 0 Å². The number of aromatic nitrogens is 1. The summed E-state index contributed by atoms with van der Waals surface area (Å²) < 4.78 is 5.43. The van der Waals surface area contributed by atoms with E-state index in [2.05, 4.69) is 17.1 Å². The van der Waals surface area contributed by atoms with Crippen LogP contribution in [-0.2, 0) is 17.8 Å². The number of methoxy groups -OCH3 is 1. The van der Waals surface area contributed by atoms with E-state index in [0.29, 0.717) is 31.0 Å². The predicted octanol–water partition coefficient (Wildman–Crippen LogP) is 4.27. The van der Waals surface area contributed by atoms with Crippen molar-refractivity contribution in [1.29, 1.82) is 0 Å². The Labute approximate surface area is 198 Å². The summed E-state index contributed by atoms with van der Waals surface area (Å²) in [4.78, 5) is 33.6. The molecule has 0 aliphatic carbocycles. The Balaban J connectivity index is 1.42. The zero-order chi connectivity index (χ0) is 23.5. The van der Waals surface area contributed by atoms with Crippen molar-refractivity contribution in [1.82, 2.24) is 14.8 Å². The van der Waals surface area contributed by atoms with E-state index in [1.165, 1.54) is 0 Å². The van der Waals surface area contributed by atoms with E-state index in [-0.39, 0.29) is 24.4 Å². The number of nitrogens with zero attached hydrogens (tertiary/aromatic N) is 2. The number of carbonyl (C=O) groups excluding carboxylic acids is 2. The molecule has 2 amide bonds. The lowest BCUT2D eigenvalue weighted by Crippen LogP contribution is -2.58. The molecule has 3 aromatic carbocycles. The van der Waals surface area contributed by atoms with Gasteiger partial charge in [0.1, 0.15) is 18.0 Å². The molecule has 4 aromatic rings. The number of aromatic amines is 1. The zero-order valence-electron chi connectivity index (χ0n) is 19.1. The number of amides is 2. The minimum atomic E-state index is -0.177. The Morgan fingerprint density at radius 1 is 0.971 bits per heavy atom. The molecule has 2 heterocycles. The van der Waals surface area contributed by atoms with E-state index in [0.717, 1.165) is 22.0 Å². The van der Waals surface area contributed by atoms with Gasteiger partial charge in [0, 0.05) is 24.0 Å². The van der Waals surface area contributed by atoms with Crippen molar-refractivity contribution in [3.05, 3.63) is 102 Å². The molecule has 34 heavy (non-hydrogen) atoms. The summed E-state index contributed by atoms with van der Waals surface area (Å²) >= 11 is 0. The van der Waals surface area contributed by atoms with Crippen molar-refractivity contribution < 1.29 is 14.3 Å². The van der Waals surface area contributed by atoms with Gasteiger partial charge in [-0.2, -0.15) is 0 Å². The number of nitrogens with one attached hydrogen (secondary N) is 1. The topological polar surface area (TPSA) is 65.6 Å². The largest absolute Gasteiger partial charge is 0.496 e. The molecule has 1 fully saturated rings. The first-order valence-corrected chi connectivity index (χ1v) is 11.4. The first kappa shape index (κ1) is 21.8. The quantitative estimate of drug-likeness (QED) is 0.474. The number of fused-ring (bicyclic) bond motifs is 1. The van der Waals surface area contributed by atoms with E-state index in [4.69, 9.17) is 4.74 Å². The Morgan fingerprint density at radius 3 is 2.38 bits per heavy atom. The summed E-state index contributed by atoms with van der Waals surface area (Å²) in [6.07, 6.45) is 0.684. The van der Waals surface area contributed by atoms with Crippen LogP contribution in [-0.4, -0.2) is 52.8 Å². The van der Waals surface area contributed by atoms with Crippen LogP contribution in [0, 0.1) is 0 Å². The molecule has 6 heteroatoms. The minimum absolute atomic E-state index is 0.0434. The number of ether oxygens (including phenoxy) is 1. The first-order chi connectivity index (χ1) is 16.6. The van der Waals surface area contributed by atoms with E-state index in [1.54, 1.807) is 12.0 Å². The van der Waals surface area contributed by atoms with Crippen molar-refractivity contribution in [3.8, 4) is 5.75 Å². The second kappa shape index (κ2) is 9.43. The summed E-state index contributed by atoms with van der Waals surface area (Å²) in [5, 5.41) is 0.850. The minimum Gasteiger partial charge on any atom is -0.496 e. The molecular weight excluding hydrogens is 426 g/mol. The van der Waals surface area contributed by atoms with Crippen LogP contribution in [0.25, 0.3) is 10.9 Å². The molecule has 1 aliphatic rings. The monoisotopic (exact) mass is 453 g/mol. The van der Waals surface area contributed by atoms with Crippen LogP contribution in [0.2, 0.25) is 0 Å². The fraction of sp³-hybridized carbons (Fsp3) is 0.214. The van der Waals surface area contributed by atoms with Gasteiger partial charge >= 0.3 is 0 Å². The summed E-state index contributed by atoms with van der Waals surface area (Å²) in [6.45, 7) is 1.06. The lowest BCUT2D eigenvalue weighted by molar-refractivity contribution is -0.139. The highest BCUT2D eigenvalue weighted by Crippen LogP contribution is 2.27. The van der Waals surface area contributed by atoms with Crippen molar-refractivity contribution in [3.63, 3.8) is 0 Å². The fourth-order valence-electron chi connectivity index (χ4n) is 4.68. The Morgan fingerprint density at radius 2 is 1.68 bits per heavy atom. The lowest BCUT2D eigenvalue weighted by atomic mass is 10.0. The number of piperazine rings is 1. The Bertz CT molecular complexity index is 1300. The molecule has 6 nitrogen and oxygen atoms in total. The lowest BCUT2D eigenvalue weighted by Gasteiger charge is -2.41. The molecule has 172 valence electrons. The SMILES string of the molecule is COc1cccc2[nH]c(C(=O)N3CC(=O)N(Cc4ccccc4)[C@@H](Cc4ccccc4)C3)cc12. The van der Waals surface area contributed by atoms with Crippen molar-refractivity contribution in [2.75, 3.05) is 20.2 Å². The second-order valence-corrected chi connectivity index (χ2v) is 8.64. The highest BCUT2D eigenvalue weighted by atomic mass is 16.5. The summed E-state index contributed by atoms with van der Waals surface area (Å²) in [7, 11) is 1.61. The van der Waals surface area contributed by atoms with Crippen LogP contribution in [0.15, 0.2) is 84.9 Å². The third-order valence-electron chi connectivity index (χ3n) is 6.39. The smallest absolute Gasteiger partial charge is 0.270 e. The van der Waals surface area contributed by atoms with Gasteiger partial charge in [-0.1, -0.05) is 66.7 Å². The van der Waals surface area contributed by atoms with Crippen LogP contribution in [0.4, 0.5) is 0 Å². The van der Waals surface area contributed by atoms with Gasteiger partial charge in [0.2, 0.25) is 5.91 Å². The molecule has 0 radical (unpaired) electrons. The second-order valence-electron chi connectivity index (χ2n) is 8.64. The van der Waals surface area contributed by atoms with Crippen LogP contribution >= 0.6 is 0 Å². The third-order valence-corrected chi connectivity index (χ3v) is 6.39. The standard InChI is InChI=1S/C28H27N3O3/c1-34-26-14-8-13-24-23(26)16-25(29-24)28(33)30-18-22(15-20-9-4-2-5-10-20)31(27(32)19-30)17-21-11-6-3-7-12-21/h2-14,16,22,29H,15,17-19H2,1H3/t22-/m0/s1. The van der Waals surface area contributed by atoms with E-state index < -0.39 is 0 Å². The number of rotatable bonds is 6. The van der Waals surface area contributed by atoms with E-state index in [9.17, 15) is 9.59 Å². The highest BCUT2D eigenvalue weighted by molar-refractivity contribution is 6.01. The van der Waals surface area contributed by atoms with Gasteiger partial charge < -0.3 is 19.5 Å². The van der Waals surface area contributed by atoms with Crippen LogP contribution < -0.4 is 4.74 Å². The third kappa shape index (κ3) is 4.39. The molecule has 5 rings (SSSR count). The molecule has 0 saturated carbocycles. The van der Waals surface area contributed by atoms with Gasteiger partial charge in [-0.05, 0) is 35.7 Å². The predicted molar refractivity (Wildman–Crippen MR) is 132 cm³/mol. The molecule has 0 unspecified atom stereocenters. The maximum atomic E-state index is 13.5. The van der Waals surface area contributed by atoms with Gasteiger partial charge in [0.25, 0.3) is 5.91 Å². The molecule has 1 aromatic heterocycles. The molecule has 1 aliphatic heterocycles. The van der Waals surface area contributed by atoms with Gasteiger partial charge in [0.15, 0.2) is 0 Å². The summed E-state index contributed by atoms with van der Waals surface area (Å²) in [5.74, 6) is 0.487. The zero-order valence-corrected chi connectivity index (χ0v) is 19.1. The van der Waals surface area contributed by atoms with Crippen LogP contribution in [0.1, 0.15) is 21.6 Å². The maximum Gasteiger partial charge on any atom is 0.270 e. The summed E-state index contributed by atoms with van der Waals surface area (Å²) in [5.41, 5.74) is 3.51. The first-order valence-electron chi connectivity index (χ1n) is 11.4.